The molecule has 0 aromatic carbocycles. The summed E-state index contributed by atoms with van der Waals surface area (Å²) in [5.74, 6) is -2.51. The standard InChI is InChI=1S/C4H4O4.C4H10O2.C3H8O3.C2H6O/c5-3(6)1-2-4(7)8;1-3(5)4(2)6;4-1-3(6)2-5;1-2-3/h1-2H,(H,5,6)(H,7,8);3-6H,1-2H3;3-6H,1-2H2;3H,2H2,1H3/b2-1+;;;. The second-order valence-corrected chi connectivity index (χ2v) is 3.83. The highest BCUT2D eigenvalue weighted by atomic mass is 16.4. The monoisotopic (exact) mass is 344 g/mol. The molecule has 10 heteroatoms. The van der Waals surface area contributed by atoms with Crippen LogP contribution >= 0.6 is 0 Å². The number of aliphatic carboxylic acids is 2. The second-order valence-electron chi connectivity index (χ2n) is 3.83. The molecule has 0 rings (SSSR count). The van der Waals surface area contributed by atoms with Gasteiger partial charge in [-0.05, 0) is 20.8 Å². The van der Waals surface area contributed by atoms with Crippen LogP contribution in [0.2, 0.25) is 0 Å². The molecule has 0 aliphatic rings. The van der Waals surface area contributed by atoms with E-state index in [2.05, 4.69) is 0 Å². The number of aliphatic hydroxyl groups excluding tert-OH is 6. The Morgan fingerprint density at radius 3 is 1.09 bits per heavy atom. The molecule has 0 aromatic heterocycles. The number of rotatable bonds is 5. The third-order valence-corrected chi connectivity index (χ3v) is 1.49. The van der Waals surface area contributed by atoms with Crippen LogP contribution in [-0.2, 0) is 9.59 Å². The molecule has 0 aliphatic carbocycles. The molecule has 0 fully saturated rings. The summed E-state index contributed by atoms with van der Waals surface area (Å²) in [6, 6.07) is 0. The molecule has 140 valence electrons. The zero-order valence-electron chi connectivity index (χ0n) is 13.4. The summed E-state index contributed by atoms with van der Waals surface area (Å²) in [5, 5.41) is 64.0. The minimum Gasteiger partial charge on any atom is -0.478 e. The van der Waals surface area contributed by atoms with Crippen molar-refractivity contribution in [1.29, 1.82) is 0 Å². The Labute approximate surface area is 134 Å². The molecule has 10 nitrogen and oxygen atoms in total. The quantitative estimate of drug-likeness (QED) is 0.253. The predicted octanol–water partition coefficient (Wildman–Crippen LogP) is -2.21. The lowest BCUT2D eigenvalue weighted by molar-refractivity contribution is -0.134. The van der Waals surface area contributed by atoms with Gasteiger partial charge in [-0.1, -0.05) is 0 Å². The van der Waals surface area contributed by atoms with Gasteiger partial charge in [0.05, 0.1) is 25.4 Å². The van der Waals surface area contributed by atoms with Crippen LogP contribution in [-0.4, -0.2) is 90.9 Å². The minimum atomic E-state index is -1.26. The van der Waals surface area contributed by atoms with Gasteiger partial charge in [-0.15, -0.1) is 0 Å². The maximum atomic E-state index is 9.55. The molecule has 2 unspecified atom stereocenters. The molecule has 0 bridgehead atoms. The molecule has 2 atom stereocenters. The highest BCUT2D eigenvalue weighted by Gasteiger charge is 1.99. The van der Waals surface area contributed by atoms with Crippen molar-refractivity contribution in [3.63, 3.8) is 0 Å². The van der Waals surface area contributed by atoms with Crippen molar-refractivity contribution in [3.05, 3.63) is 12.2 Å². The van der Waals surface area contributed by atoms with Crippen LogP contribution in [0.3, 0.4) is 0 Å². The van der Waals surface area contributed by atoms with Crippen LogP contribution in [0.15, 0.2) is 12.2 Å². The molecule has 0 aromatic rings. The summed E-state index contributed by atoms with van der Waals surface area (Å²) in [4.78, 5) is 19.1. The Bertz CT molecular complexity index is 262. The largest absolute Gasteiger partial charge is 0.478 e. The average Bonchev–Trinajstić information content (AvgIpc) is 2.46. The molecule has 0 amide bonds. The fourth-order valence-electron chi connectivity index (χ4n) is 0.200. The van der Waals surface area contributed by atoms with Crippen LogP contribution in [0.4, 0.5) is 0 Å². The Kier molecular flexibility index (Phi) is 29.1. The normalized spacial score (nSPS) is 11.9. The smallest absolute Gasteiger partial charge is 0.328 e. The van der Waals surface area contributed by atoms with Gasteiger partial charge in [-0.25, -0.2) is 9.59 Å². The number of carboxylic acid groups (broad SMARTS) is 2. The lowest BCUT2D eigenvalue weighted by Gasteiger charge is -2.03. The van der Waals surface area contributed by atoms with Crippen molar-refractivity contribution < 1.29 is 50.4 Å². The van der Waals surface area contributed by atoms with E-state index in [-0.39, 0.29) is 19.8 Å². The topological polar surface area (TPSA) is 196 Å². The van der Waals surface area contributed by atoms with E-state index in [4.69, 9.17) is 40.9 Å². The van der Waals surface area contributed by atoms with Crippen molar-refractivity contribution in [2.75, 3.05) is 19.8 Å². The maximum Gasteiger partial charge on any atom is 0.328 e. The van der Waals surface area contributed by atoms with E-state index < -0.39 is 30.3 Å². The molecule has 8 N–H and O–H groups in total. The number of aliphatic hydroxyl groups is 6. The van der Waals surface area contributed by atoms with E-state index in [1.165, 1.54) is 0 Å². The first kappa shape index (κ1) is 29.5. The van der Waals surface area contributed by atoms with Crippen LogP contribution in [0.5, 0.6) is 0 Å². The molecule has 0 radical (unpaired) electrons. The van der Waals surface area contributed by atoms with Gasteiger partial charge in [0.25, 0.3) is 0 Å². The van der Waals surface area contributed by atoms with Gasteiger partial charge in [-0.3, -0.25) is 0 Å². The summed E-state index contributed by atoms with van der Waals surface area (Å²) in [6.07, 6.45) is -1.02. The molecule has 0 saturated heterocycles. The van der Waals surface area contributed by atoms with E-state index in [9.17, 15) is 9.59 Å². The molecule has 0 saturated carbocycles. The summed E-state index contributed by atoms with van der Waals surface area (Å²) in [7, 11) is 0. The van der Waals surface area contributed by atoms with Crippen molar-refractivity contribution >= 4 is 11.9 Å². The first-order chi connectivity index (χ1) is 10.5. The van der Waals surface area contributed by atoms with Gasteiger partial charge < -0.3 is 40.9 Å². The molecule has 0 heterocycles. The van der Waals surface area contributed by atoms with Gasteiger partial charge in [0, 0.05) is 18.8 Å². The van der Waals surface area contributed by atoms with Gasteiger partial charge in [-0.2, -0.15) is 0 Å². The molecular weight excluding hydrogens is 316 g/mol. The van der Waals surface area contributed by atoms with E-state index >= 15 is 0 Å². The second kappa shape index (κ2) is 22.7. The summed E-state index contributed by atoms with van der Waals surface area (Å²) in [6.45, 7) is 4.29. The third-order valence-electron chi connectivity index (χ3n) is 1.49. The van der Waals surface area contributed by atoms with E-state index in [1.807, 2.05) is 0 Å². The lowest BCUT2D eigenvalue weighted by atomic mass is 10.3. The average molecular weight is 344 g/mol. The van der Waals surface area contributed by atoms with E-state index in [0.29, 0.717) is 12.2 Å². The minimum absolute atomic E-state index is 0.250. The molecule has 23 heavy (non-hydrogen) atoms. The molecule has 0 spiro atoms. The van der Waals surface area contributed by atoms with Crippen molar-refractivity contribution in [1.82, 2.24) is 0 Å². The zero-order valence-corrected chi connectivity index (χ0v) is 13.4. The highest BCUT2D eigenvalue weighted by Crippen LogP contribution is 1.85. The number of hydrogen-bond donors (Lipinski definition) is 8. The predicted molar refractivity (Wildman–Crippen MR) is 80.7 cm³/mol. The first-order valence-corrected chi connectivity index (χ1v) is 6.50. The van der Waals surface area contributed by atoms with Crippen molar-refractivity contribution in [3.8, 4) is 0 Å². The lowest BCUT2D eigenvalue weighted by Crippen LogP contribution is -2.17. The van der Waals surface area contributed by atoms with Crippen molar-refractivity contribution in [2.24, 2.45) is 0 Å². The van der Waals surface area contributed by atoms with E-state index in [1.54, 1.807) is 20.8 Å². The first-order valence-electron chi connectivity index (χ1n) is 6.50. The third kappa shape index (κ3) is 53.1. The van der Waals surface area contributed by atoms with E-state index in [0.717, 1.165) is 0 Å². The Balaban J connectivity index is -0.000000110. The zero-order chi connectivity index (χ0) is 19.4. The SMILES string of the molecule is CC(O)C(C)O.CCO.O=C(O)/C=C/C(=O)O.OCC(O)CO. The molecular formula is C13H28O10. The maximum absolute atomic E-state index is 9.55. The fourth-order valence-corrected chi connectivity index (χ4v) is 0.200. The van der Waals surface area contributed by atoms with Gasteiger partial charge >= 0.3 is 11.9 Å². The highest BCUT2D eigenvalue weighted by molar-refractivity contribution is 5.89. The van der Waals surface area contributed by atoms with Crippen LogP contribution in [0.25, 0.3) is 0 Å². The van der Waals surface area contributed by atoms with Crippen LogP contribution in [0.1, 0.15) is 20.8 Å². The Morgan fingerprint density at radius 2 is 1.04 bits per heavy atom. The number of hydrogen-bond acceptors (Lipinski definition) is 8. The Hall–Kier alpha value is -1.56. The van der Waals surface area contributed by atoms with Crippen LogP contribution in [0, 0.1) is 0 Å². The number of carbonyl (C=O) groups is 2. The summed E-state index contributed by atoms with van der Waals surface area (Å²) >= 11 is 0. The van der Waals surface area contributed by atoms with Crippen molar-refractivity contribution in [2.45, 2.75) is 39.1 Å². The Morgan fingerprint density at radius 1 is 0.826 bits per heavy atom. The van der Waals surface area contributed by atoms with Gasteiger partial charge in [0.1, 0.15) is 6.10 Å². The van der Waals surface area contributed by atoms with Crippen LogP contribution < -0.4 is 0 Å². The summed E-state index contributed by atoms with van der Waals surface area (Å²) in [5.41, 5.74) is 0. The van der Waals surface area contributed by atoms with Gasteiger partial charge in [0.15, 0.2) is 0 Å². The molecule has 0 aliphatic heterocycles. The summed E-state index contributed by atoms with van der Waals surface area (Å²) < 4.78 is 0. The fraction of sp³-hybridized carbons (Fsp3) is 0.692. The van der Waals surface area contributed by atoms with Gasteiger partial charge in [0.2, 0.25) is 0 Å². The number of carboxylic acids is 2.